The van der Waals surface area contributed by atoms with Gasteiger partial charge in [0.1, 0.15) is 0 Å². The maximum absolute atomic E-state index is 12.8. The lowest BCUT2D eigenvalue weighted by Gasteiger charge is -2.40. The molecule has 140 valence electrons. The molecule has 1 saturated heterocycles. The van der Waals surface area contributed by atoms with Crippen molar-refractivity contribution in [3.8, 4) is 0 Å². The second-order valence-electron chi connectivity index (χ2n) is 8.30. The Balaban J connectivity index is 2.00. The van der Waals surface area contributed by atoms with Crippen molar-refractivity contribution in [3.63, 3.8) is 0 Å². The van der Waals surface area contributed by atoms with Crippen molar-refractivity contribution in [3.05, 3.63) is 35.4 Å². The summed E-state index contributed by atoms with van der Waals surface area (Å²) in [5, 5.41) is 20.6. The van der Waals surface area contributed by atoms with E-state index in [1.54, 1.807) is 18.7 Å². The summed E-state index contributed by atoms with van der Waals surface area (Å²) in [4.78, 5) is 16.5. The van der Waals surface area contributed by atoms with Crippen LogP contribution in [0.1, 0.15) is 49.0 Å². The van der Waals surface area contributed by atoms with E-state index in [1.807, 2.05) is 43.3 Å². The third-order valence-electron chi connectivity index (χ3n) is 4.68. The van der Waals surface area contributed by atoms with E-state index in [-0.39, 0.29) is 5.91 Å². The number of carbonyl (C=O) groups is 1. The fraction of sp³-hybridized carbons (Fsp3) is 0.650. The molecule has 0 radical (unpaired) electrons. The first kappa shape index (κ1) is 19.9. The summed E-state index contributed by atoms with van der Waals surface area (Å²) in [6.07, 6.45) is 3.01. The second-order valence-corrected chi connectivity index (χ2v) is 8.30. The van der Waals surface area contributed by atoms with Gasteiger partial charge in [-0.25, -0.2) is 0 Å². The van der Waals surface area contributed by atoms with E-state index >= 15 is 0 Å². The van der Waals surface area contributed by atoms with Crippen LogP contribution in [0.2, 0.25) is 0 Å². The molecule has 1 aliphatic rings. The number of aliphatic hydroxyl groups is 2. The van der Waals surface area contributed by atoms with Gasteiger partial charge in [0.25, 0.3) is 5.91 Å². The molecule has 0 saturated carbocycles. The summed E-state index contributed by atoms with van der Waals surface area (Å²) >= 11 is 0. The SMILES string of the molecule is CN(C)CC1(O)CCCN(C(=O)c2ccc(CCC(C)(C)O)cc2)C1. The van der Waals surface area contributed by atoms with Gasteiger partial charge in [-0.3, -0.25) is 4.79 Å². The number of nitrogens with zero attached hydrogens (tertiary/aromatic N) is 2. The van der Waals surface area contributed by atoms with Gasteiger partial charge < -0.3 is 20.0 Å². The highest BCUT2D eigenvalue weighted by Crippen LogP contribution is 2.23. The molecule has 2 rings (SSSR count). The number of β-amino-alcohol motifs (C(OH)–C–C–N with tert-alkyl or cyclic N) is 1. The lowest BCUT2D eigenvalue weighted by atomic mass is 9.91. The molecule has 0 bridgehead atoms. The predicted octanol–water partition coefficient (Wildman–Crippen LogP) is 1.92. The zero-order valence-corrected chi connectivity index (χ0v) is 16.0. The van der Waals surface area contributed by atoms with Gasteiger partial charge in [-0.15, -0.1) is 0 Å². The molecule has 5 heteroatoms. The van der Waals surface area contributed by atoms with Crippen molar-refractivity contribution < 1.29 is 15.0 Å². The van der Waals surface area contributed by atoms with Gasteiger partial charge >= 0.3 is 0 Å². The van der Waals surface area contributed by atoms with Crippen LogP contribution in [0.5, 0.6) is 0 Å². The second kappa shape index (κ2) is 7.85. The lowest BCUT2D eigenvalue weighted by Crippen LogP contribution is -2.54. The van der Waals surface area contributed by atoms with Crippen molar-refractivity contribution in [2.24, 2.45) is 0 Å². The van der Waals surface area contributed by atoms with Gasteiger partial charge in [0, 0.05) is 18.7 Å². The third kappa shape index (κ3) is 6.10. The number of likely N-dealkylation sites (tertiary alicyclic amines) is 1. The largest absolute Gasteiger partial charge is 0.390 e. The maximum atomic E-state index is 12.8. The van der Waals surface area contributed by atoms with Gasteiger partial charge in [-0.2, -0.15) is 0 Å². The number of likely N-dealkylation sites (N-methyl/N-ethyl adjacent to an activating group) is 1. The molecule has 1 atom stereocenters. The fourth-order valence-corrected chi connectivity index (χ4v) is 3.45. The fourth-order valence-electron chi connectivity index (χ4n) is 3.45. The molecule has 5 nitrogen and oxygen atoms in total. The Labute approximate surface area is 151 Å². The number of rotatable bonds is 6. The van der Waals surface area contributed by atoms with Gasteiger partial charge in [-0.05, 0) is 71.3 Å². The quantitative estimate of drug-likeness (QED) is 0.824. The Kier molecular flexibility index (Phi) is 6.25. The van der Waals surface area contributed by atoms with Crippen LogP contribution in [-0.4, -0.2) is 70.9 Å². The van der Waals surface area contributed by atoms with E-state index in [0.717, 1.165) is 24.8 Å². The molecule has 0 spiro atoms. The molecule has 0 aromatic heterocycles. The van der Waals surface area contributed by atoms with Crippen molar-refractivity contribution in [1.82, 2.24) is 9.80 Å². The summed E-state index contributed by atoms with van der Waals surface area (Å²) in [6, 6.07) is 7.60. The average Bonchev–Trinajstić information content (AvgIpc) is 2.51. The Morgan fingerprint density at radius 3 is 2.48 bits per heavy atom. The molecule has 0 aliphatic carbocycles. The van der Waals surface area contributed by atoms with Crippen LogP contribution >= 0.6 is 0 Å². The minimum atomic E-state index is -0.829. The highest BCUT2D eigenvalue weighted by Gasteiger charge is 2.35. The Bertz CT molecular complexity index is 578. The van der Waals surface area contributed by atoms with Crippen LogP contribution in [0.3, 0.4) is 0 Å². The third-order valence-corrected chi connectivity index (χ3v) is 4.68. The minimum absolute atomic E-state index is 0.0223. The van der Waals surface area contributed by atoms with Crippen LogP contribution in [0, 0.1) is 0 Å². The summed E-state index contributed by atoms with van der Waals surface area (Å²) < 4.78 is 0. The first-order valence-electron chi connectivity index (χ1n) is 9.06. The number of amides is 1. The smallest absolute Gasteiger partial charge is 0.253 e. The number of carbonyl (C=O) groups excluding carboxylic acids is 1. The molecule has 1 fully saturated rings. The Morgan fingerprint density at radius 1 is 1.28 bits per heavy atom. The number of hydrogen-bond donors (Lipinski definition) is 2. The van der Waals surface area contributed by atoms with E-state index in [4.69, 9.17) is 0 Å². The van der Waals surface area contributed by atoms with Gasteiger partial charge in [0.05, 0.1) is 17.7 Å². The van der Waals surface area contributed by atoms with E-state index in [2.05, 4.69) is 0 Å². The molecular formula is C20H32N2O3. The molecule has 1 heterocycles. The normalized spacial score (nSPS) is 21.6. The number of hydrogen-bond acceptors (Lipinski definition) is 4. The van der Waals surface area contributed by atoms with E-state index in [1.165, 1.54) is 0 Å². The lowest BCUT2D eigenvalue weighted by molar-refractivity contribution is -0.0391. The zero-order chi connectivity index (χ0) is 18.7. The molecule has 1 aliphatic heterocycles. The summed E-state index contributed by atoms with van der Waals surface area (Å²) in [6.45, 7) is 5.23. The Hall–Kier alpha value is -1.43. The van der Waals surface area contributed by atoms with Gasteiger partial charge in [0.2, 0.25) is 0 Å². The monoisotopic (exact) mass is 348 g/mol. The maximum Gasteiger partial charge on any atom is 0.253 e. The number of aryl methyl sites for hydroxylation is 1. The van der Waals surface area contributed by atoms with Crippen LogP contribution < -0.4 is 0 Å². The molecule has 2 N–H and O–H groups in total. The number of benzene rings is 1. The molecule has 1 unspecified atom stereocenters. The zero-order valence-electron chi connectivity index (χ0n) is 16.0. The molecular weight excluding hydrogens is 316 g/mol. The topological polar surface area (TPSA) is 64.0 Å². The van der Waals surface area contributed by atoms with Crippen molar-refractivity contribution in [2.45, 2.75) is 50.7 Å². The van der Waals surface area contributed by atoms with Crippen LogP contribution in [0.4, 0.5) is 0 Å². The van der Waals surface area contributed by atoms with Crippen molar-refractivity contribution in [2.75, 3.05) is 33.7 Å². The van der Waals surface area contributed by atoms with Gasteiger partial charge in [-0.1, -0.05) is 12.1 Å². The highest BCUT2D eigenvalue weighted by atomic mass is 16.3. The van der Waals surface area contributed by atoms with Gasteiger partial charge in [0.15, 0.2) is 0 Å². The van der Waals surface area contributed by atoms with Crippen LogP contribution in [0.15, 0.2) is 24.3 Å². The van der Waals surface area contributed by atoms with Crippen LogP contribution in [-0.2, 0) is 6.42 Å². The molecule has 1 aromatic rings. The summed E-state index contributed by atoms with van der Waals surface area (Å²) in [5.74, 6) is -0.0223. The van der Waals surface area contributed by atoms with Crippen molar-refractivity contribution in [1.29, 1.82) is 0 Å². The first-order chi connectivity index (χ1) is 11.6. The molecule has 1 amide bonds. The Morgan fingerprint density at radius 2 is 1.92 bits per heavy atom. The van der Waals surface area contributed by atoms with Crippen molar-refractivity contribution >= 4 is 5.91 Å². The molecule has 1 aromatic carbocycles. The summed E-state index contributed by atoms with van der Waals surface area (Å²) in [5.41, 5.74) is 0.256. The number of piperidine rings is 1. The minimum Gasteiger partial charge on any atom is -0.390 e. The van der Waals surface area contributed by atoms with E-state index < -0.39 is 11.2 Å². The van der Waals surface area contributed by atoms with E-state index in [0.29, 0.717) is 31.6 Å². The average molecular weight is 348 g/mol. The standard InChI is InChI=1S/C20H32N2O3/c1-19(2,24)12-10-16-6-8-17(9-7-16)18(23)22-13-5-11-20(25,15-22)14-21(3)4/h6-9,24-25H,5,10-15H2,1-4H3. The van der Waals surface area contributed by atoms with E-state index in [9.17, 15) is 15.0 Å². The predicted molar refractivity (Wildman–Crippen MR) is 99.7 cm³/mol. The highest BCUT2D eigenvalue weighted by molar-refractivity contribution is 5.94. The molecule has 25 heavy (non-hydrogen) atoms. The summed E-state index contributed by atoms with van der Waals surface area (Å²) in [7, 11) is 3.87. The first-order valence-corrected chi connectivity index (χ1v) is 9.06. The van der Waals surface area contributed by atoms with Crippen LogP contribution in [0.25, 0.3) is 0 Å².